The summed E-state index contributed by atoms with van der Waals surface area (Å²) in [4.78, 5) is 17.4. The molecule has 0 aliphatic rings. The molecule has 0 unspecified atom stereocenters. The minimum Gasteiger partial charge on any atom is -0.268 e. The number of nitrogens with zero attached hydrogens (tertiary/aromatic N) is 2. The molecule has 2 aromatic heterocycles. The monoisotopic (exact) mass is 264 g/mol. The van der Waals surface area contributed by atoms with E-state index in [1.807, 2.05) is 63.2 Å². The molecule has 3 aromatic rings. The zero-order valence-corrected chi connectivity index (χ0v) is 11.8. The Bertz CT molecular complexity index is 862. The second-order valence-electron chi connectivity index (χ2n) is 5.05. The third-order valence-corrected chi connectivity index (χ3v) is 3.64. The molecule has 0 atom stereocenters. The number of aryl methyl sites for hydroxylation is 3. The first kappa shape index (κ1) is 12.6. The van der Waals surface area contributed by atoms with Crippen LogP contribution in [-0.4, -0.2) is 9.38 Å². The normalized spacial score (nSPS) is 10.9. The molecule has 20 heavy (non-hydrogen) atoms. The molecule has 1 aromatic carbocycles. The lowest BCUT2D eigenvalue weighted by atomic mass is 10.0. The van der Waals surface area contributed by atoms with Crippen LogP contribution in [0.5, 0.6) is 0 Å². The summed E-state index contributed by atoms with van der Waals surface area (Å²) < 4.78 is 1.68. The predicted octanol–water partition coefficient (Wildman–Crippen LogP) is 3.29. The van der Waals surface area contributed by atoms with Gasteiger partial charge in [-0.05, 0) is 44.0 Å². The van der Waals surface area contributed by atoms with Crippen molar-refractivity contribution in [2.45, 2.75) is 20.8 Å². The molecule has 0 saturated carbocycles. The maximum absolute atomic E-state index is 12.8. The standard InChI is InChI=1S/C17H16N2O/c1-11-7-4-5-9-14(11)16-13(3)18-15-10-6-8-12(2)19(15)17(16)20/h4-10H,1-3H3. The first-order valence-electron chi connectivity index (χ1n) is 6.64. The van der Waals surface area contributed by atoms with Crippen LogP contribution < -0.4 is 5.56 Å². The molecule has 0 N–H and O–H groups in total. The van der Waals surface area contributed by atoms with Crippen LogP contribution in [0.3, 0.4) is 0 Å². The number of pyridine rings is 1. The summed E-state index contributed by atoms with van der Waals surface area (Å²) in [5.74, 6) is 0. The first-order valence-corrected chi connectivity index (χ1v) is 6.64. The van der Waals surface area contributed by atoms with E-state index in [1.54, 1.807) is 4.40 Å². The number of aromatic nitrogens is 2. The predicted molar refractivity (Wildman–Crippen MR) is 81.1 cm³/mol. The average molecular weight is 264 g/mol. The molecule has 3 heteroatoms. The quantitative estimate of drug-likeness (QED) is 0.676. The van der Waals surface area contributed by atoms with E-state index >= 15 is 0 Å². The van der Waals surface area contributed by atoms with Gasteiger partial charge in [0.05, 0.1) is 11.3 Å². The molecule has 0 spiro atoms. The molecule has 0 amide bonds. The molecule has 100 valence electrons. The Morgan fingerprint density at radius 1 is 0.950 bits per heavy atom. The minimum atomic E-state index is -0.0000926. The molecule has 2 heterocycles. The van der Waals surface area contributed by atoms with Crippen molar-refractivity contribution < 1.29 is 0 Å². The van der Waals surface area contributed by atoms with Crippen LogP contribution in [0.1, 0.15) is 17.0 Å². The molecular formula is C17H16N2O. The van der Waals surface area contributed by atoms with Gasteiger partial charge in [-0.15, -0.1) is 0 Å². The molecule has 0 aliphatic carbocycles. The Kier molecular flexibility index (Phi) is 2.90. The summed E-state index contributed by atoms with van der Waals surface area (Å²) in [5, 5.41) is 0. The highest BCUT2D eigenvalue weighted by molar-refractivity contribution is 5.69. The highest BCUT2D eigenvalue weighted by Gasteiger charge is 2.14. The fraction of sp³-hybridized carbons (Fsp3) is 0.176. The Balaban J connectivity index is 2.47. The third-order valence-electron chi connectivity index (χ3n) is 3.64. The van der Waals surface area contributed by atoms with Gasteiger partial charge >= 0.3 is 0 Å². The van der Waals surface area contributed by atoms with Gasteiger partial charge in [0.2, 0.25) is 0 Å². The van der Waals surface area contributed by atoms with Crippen molar-refractivity contribution in [2.24, 2.45) is 0 Å². The SMILES string of the molecule is Cc1ccccc1-c1c(C)nc2cccc(C)n2c1=O. The van der Waals surface area contributed by atoms with E-state index < -0.39 is 0 Å². The summed E-state index contributed by atoms with van der Waals surface area (Å²) in [6.45, 7) is 5.83. The summed E-state index contributed by atoms with van der Waals surface area (Å²) in [6, 6.07) is 13.6. The number of hydrogen-bond acceptors (Lipinski definition) is 2. The van der Waals surface area contributed by atoms with E-state index in [-0.39, 0.29) is 5.56 Å². The average Bonchev–Trinajstić information content (AvgIpc) is 2.40. The molecular weight excluding hydrogens is 248 g/mol. The van der Waals surface area contributed by atoms with Gasteiger partial charge in [-0.25, -0.2) is 4.98 Å². The van der Waals surface area contributed by atoms with Crippen LogP contribution in [0.4, 0.5) is 0 Å². The molecule has 0 bridgehead atoms. The zero-order chi connectivity index (χ0) is 14.3. The molecule has 3 nitrogen and oxygen atoms in total. The van der Waals surface area contributed by atoms with E-state index in [1.165, 1.54) is 0 Å². The summed E-state index contributed by atoms with van der Waals surface area (Å²) in [6.07, 6.45) is 0. The van der Waals surface area contributed by atoms with Crippen molar-refractivity contribution in [3.63, 3.8) is 0 Å². The summed E-state index contributed by atoms with van der Waals surface area (Å²) in [7, 11) is 0. The van der Waals surface area contributed by atoms with Crippen LogP contribution in [0, 0.1) is 20.8 Å². The molecule has 3 rings (SSSR count). The van der Waals surface area contributed by atoms with Crippen LogP contribution in [-0.2, 0) is 0 Å². The highest BCUT2D eigenvalue weighted by Crippen LogP contribution is 2.22. The van der Waals surface area contributed by atoms with Crippen molar-refractivity contribution >= 4 is 5.65 Å². The van der Waals surface area contributed by atoms with Crippen LogP contribution >= 0.6 is 0 Å². The van der Waals surface area contributed by atoms with Crippen LogP contribution in [0.25, 0.3) is 16.8 Å². The van der Waals surface area contributed by atoms with Crippen molar-refractivity contribution in [3.05, 3.63) is 69.8 Å². The van der Waals surface area contributed by atoms with Crippen molar-refractivity contribution in [2.75, 3.05) is 0 Å². The minimum absolute atomic E-state index is 0.0000926. The maximum Gasteiger partial charge on any atom is 0.266 e. The van der Waals surface area contributed by atoms with Gasteiger partial charge in [0, 0.05) is 5.69 Å². The molecule has 0 radical (unpaired) electrons. The second-order valence-corrected chi connectivity index (χ2v) is 5.05. The fourth-order valence-electron chi connectivity index (χ4n) is 2.61. The smallest absolute Gasteiger partial charge is 0.266 e. The first-order chi connectivity index (χ1) is 9.59. The van der Waals surface area contributed by atoms with Gasteiger partial charge in [0.25, 0.3) is 5.56 Å². The Morgan fingerprint density at radius 2 is 1.70 bits per heavy atom. The Morgan fingerprint density at radius 3 is 2.45 bits per heavy atom. The van der Waals surface area contributed by atoms with Gasteiger partial charge in [0.1, 0.15) is 5.65 Å². The molecule has 0 aliphatic heterocycles. The lowest BCUT2D eigenvalue weighted by molar-refractivity contribution is 0.976. The van der Waals surface area contributed by atoms with Crippen LogP contribution in [0.2, 0.25) is 0 Å². The Labute approximate surface area is 117 Å². The van der Waals surface area contributed by atoms with Crippen molar-refractivity contribution in [3.8, 4) is 11.1 Å². The zero-order valence-electron chi connectivity index (χ0n) is 11.8. The number of rotatable bonds is 1. The topological polar surface area (TPSA) is 34.4 Å². The van der Waals surface area contributed by atoms with Crippen molar-refractivity contribution in [1.29, 1.82) is 0 Å². The van der Waals surface area contributed by atoms with Crippen molar-refractivity contribution in [1.82, 2.24) is 9.38 Å². The molecule has 0 saturated heterocycles. The number of fused-ring (bicyclic) bond motifs is 1. The van der Waals surface area contributed by atoms with Crippen LogP contribution in [0.15, 0.2) is 47.3 Å². The second kappa shape index (κ2) is 4.60. The van der Waals surface area contributed by atoms with E-state index in [4.69, 9.17) is 0 Å². The fourth-order valence-corrected chi connectivity index (χ4v) is 2.61. The largest absolute Gasteiger partial charge is 0.268 e. The van der Waals surface area contributed by atoms with Gasteiger partial charge < -0.3 is 0 Å². The highest BCUT2D eigenvalue weighted by atomic mass is 16.1. The number of benzene rings is 1. The lowest BCUT2D eigenvalue weighted by Gasteiger charge is -2.11. The van der Waals surface area contributed by atoms with Gasteiger partial charge in [-0.3, -0.25) is 9.20 Å². The van der Waals surface area contributed by atoms with Gasteiger partial charge in [0.15, 0.2) is 0 Å². The molecule has 0 fully saturated rings. The maximum atomic E-state index is 12.8. The Hall–Kier alpha value is -2.42. The van der Waals surface area contributed by atoms with E-state index in [9.17, 15) is 4.79 Å². The van der Waals surface area contributed by atoms with E-state index in [0.717, 1.165) is 22.5 Å². The van der Waals surface area contributed by atoms with Gasteiger partial charge in [-0.1, -0.05) is 30.3 Å². The van der Waals surface area contributed by atoms with E-state index in [2.05, 4.69) is 4.98 Å². The third kappa shape index (κ3) is 1.83. The summed E-state index contributed by atoms with van der Waals surface area (Å²) in [5.41, 5.74) is 5.10. The summed E-state index contributed by atoms with van der Waals surface area (Å²) >= 11 is 0. The number of hydrogen-bond donors (Lipinski definition) is 0. The van der Waals surface area contributed by atoms with Gasteiger partial charge in [-0.2, -0.15) is 0 Å². The lowest BCUT2D eigenvalue weighted by Crippen LogP contribution is -2.21. The van der Waals surface area contributed by atoms with E-state index in [0.29, 0.717) is 11.2 Å².